The van der Waals surface area contributed by atoms with Crippen LogP contribution in [0.25, 0.3) is 0 Å². The van der Waals surface area contributed by atoms with Crippen molar-refractivity contribution in [1.82, 2.24) is 10.2 Å². The summed E-state index contributed by atoms with van der Waals surface area (Å²) in [6.45, 7) is 10.6. The third kappa shape index (κ3) is 4.48. The summed E-state index contributed by atoms with van der Waals surface area (Å²) >= 11 is 0. The average molecular weight is 265 g/mol. The first-order valence-electron chi connectivity index (χ1n) is 6.98. The van der Waals surface area contributed by atoms with Crippen molar-refractivity contribution in [3.63, 3.8) is 0 Å². The molecule has 4 heteroatoms. The highest BCUT2D eigenvalue weighted by atomic mass is 19.1. The highest BCUT2D eigenvalue weighted by Crippen LogP contribution is 2.20. The Bertz CT molecular complexity index is 400. The Kier molecular flexibility index (Phi) is 4.77. The van der Waals surface area contributed by atoms with Gasteiger partial charge >= 0.3 is 0 Å². The SMILES string of the molecule is CC(C)(CNc1ccccc1F)CN1CCNCC1. The van der Waals surface area contributed by atoms with Crippen LogP contribution in [0.15, 0.2) is 24.3 Å². The summed E-state index contributed by atoms with van der Waals surface area (Å²) < 4.78 is 13.5. The predicted molar refractivity (Wildman–Crippen MR) is 78.0 cm³/mol. The van der Waals surface area contributed by atoms with Gasteiger partial charge in [-0.1, -0.05) is 26.0 Å². The van der Waals surface area contributed by atoms with Gasteiger partial charge in [0.1, 0.15) is 5.82 Å². The van der Waals surface area contributed by atoms with Crippen LogP contribution in [0.4, 0.5) is 10.1 Å². The summed E-state index contributed by atoms with van der Waals surface area (Å²) in [5, 5.41) is 6.58. The third-order valence-electron chi connectivity index (χ3n) is 3.49. The van der Waals surface area contributed by atoms with Gasteiger partial charge in [-0.2, -0.15) is 0 Å². The van der Waals surface area contributed by atoms with E-state index in [4.69, 9.17) is 0 Å². The standard InChI is InChI=1S/C15H24FN3/c1-15(2,12-19-9-7-17-8-10-19)11-18-14-6-4-3-5-13(14)16/h3-6,17-18H,7-12H2,1-2H3. The Morgan fingerprint density at radius 2 is 1.95 bits per heavy atom. The van der Waals surface area contributed by atoms with E-state index in [1.807, 2.05) is 6.07 Å². The molecule has 0 aromatic heterocycles. The van der Waals surface area contributed by atoms with Crippen molar-refractivity contribution in [2.75, 3.05) is 44.6 Å². The summed E-state index contributed by atoms with van der Waals surface area (Å²) in [6, 6.07) is 6.85. The lowest BCUT2D eigenvalue weighted by Gasteiger charge is -2.35. The van der Waals surface area contributed by atoms with E-state index >= 15 is 0 Å². The van der Waals surface area contributed by atoms with Crippen molar-refractivity contribution in [3.05, 3.63) is 30.1 Å². The van der Waals surface area contributed by atoms with Crippen molar-refractivity contribution in [2.45, 2.75) is 13.8 Å². The number of rotatable bonds is 5. The lowest BCUT2D eigenvalue weighted by atomic mass is 9.92. The zero-order chi connectivity index (χ0) is 13.7. The fourth-order valence-corrected chi connectivity index (χ4v) is 2.47. The van der Waals surface area contributed by atoms with Crippen LogP contribution in [0, 0.1) is 11.2 Å². The van der Waals surface area contributed by atoms with Gasteiger partial charge in [0, 0.05) is 39.3 Å². The Morgan fingerprint density at radius 3 is 2.63 bits per heavy atom. The van der Waals surface area contributed by atoms with E-state index in [9.17, 15) is 4.39 Å². The molecule has 0 unspecified atom stereocenters. The minimum atomic E-state index is -0.180. The third-order valence-corrected chi connectivity index (χ3v) is 3.49. The first kappa shape index (κ1) is 14.3. The maximum absolute atomic E-state index is 13.5. The lowest BCUT2D eigenvalue weighted by molar-refractivity contribution is 0.168. The molecule has 0 atom stereocenters. The Hall–Kier alpha value is -1.13. The Balaban J connectivity index is 1.84. The van der Waals surface area contributed by atoms with E-state index in [2.05, 4.69) is 29.4 Å². The Labute approximate surface area is 115 Å². The van der Waals surface area contributed by atoms with Crippen LogP contribution in [0.5, 0.6) is 0 Å². The second-order valence-corrected chi connectivity index (χ2v) is 6.02. The molecule has 0 aliphatic carbocycles. The van der Waals surface area contributed by atoms with Gasteiger partial charge in [0.15, 0.2) is 0 Å². The van der Waals surface area contributed by atoms with Crippen LogP contribution in [0.3, 0.4) is 0 Å². The normalized spacial score (nSPS) is 17.4. The van der Waals surface area contributed by atoms with Gasteiger partial charge in [0.05, 0.1) is 5.69 Å². The molecular weight excluding hydrogens is 241 g/mol. The van der Waals surface area contributed by atoms with Gasteiger partial charge < -0.3 is 15.5 Å². The van der Waals surface area contributed by atoms with E-state index in [1.54, 1.807) is 12.1 Å². The predicted octanol–water partition coefficient (Wildman–Crippen LogP) is 2.17. The fourth-order valence-electron chi connectivity index (χ4n) is 2.47. The summed E-state index contributed by atoms with van der Waals surface area (Å²) in [7, 11) is 0. The minimum absolute atomic E-state index is 0.125. The van der Waals surface area contributed by atoms with Crippen molar-refractivity contribution in [2.24, 2.45) is 5.41 Å². The molecule has 0 bridgehead atoms. The smallest absolute Gasteiger partial charge is 0.146 e. The van der Waals surface area contributed by atoms with Crippen LogP contribution in [-0.4, -0.2) is 44.2 Å². The maximum Gasteiger partial charge on any atom is 0.146 e. The topological polar surface area (TPSA) is 27.3 Å². The van der Waals surface area contributed by atoms with Gasteiger partial charge in [-0.05, 0) is 17.5 Å². The second-order valence-electron chi connectivity index (χ2n) is 6.02. The lowest BCUT2D eigenvalue weighted by Crippen LogP contribution is -2.48. The summed E-state index contributed by atoms with van der Waals surface area (Å²) in [5.41, 5.74) is 0.718. The maximum atomic E-state index is 13.5. The molecule has 1 aromatic rings. The number of benzene rings is 1. The van der Waals surface area contributed by atoms with Crippen LogP contribution in [0.1, 0.15) is 13.8 Å². The number of nitrogens with zero attached hydrogens (tertiary/aromatic N) is 1. The van der Waals surface area contributed by atoms with Crippen molar-refractivity contribution in [1.29, 1.82) is 0 Å². The van der Waals surface area contributed by atoms with E-state index in [0.29, 0.717) is 5.69 Å². The molecule has 1 fully saturated rings. The Morgan fingerprint density at radius 1 is 1.26 bits per heavy atom. The summed E-state index contributed by atoms with van der Waals surface area (Å²) in [6.07, 6.45) is 0. The monoisotopic (exact) mass is 265 g/mol. The molecule has 0 radical (unpaired) electrons. The largest absolute Gasteiger partial charge is 0.382 e. The van der Waals surface area contributed by atoms with Crippen LogP contribution in [-0.2, 0) is 0 Å². The molecule has 3 nitrogen and oxygen atoms in total. The molecule has 1 aromatic carbocycles. The van der Waals surface area contributed by atoms with Crippen LogP contribution < -0.4 is 10.6 Å². The first-order valence-corrected chi connectivity index (χ1v) is 6.98. The zero-order valence-corrected chi connectivity index (χ0v) is 11.9. The molecule has 1 aliphatic rings. The van der Waals surface area contributed by atoms with Crippen LogP contribution in [0.2, 0.25) is 0 Å². The van der Waals surface area contributed by atoms with Gasteiger partial charge in [0.25, 0.3) is 0 Å². The molecule has 2 N–H and O–H groups in total. The number of para-hydroxylation sites is 1. The van der Waals surface area contributed by atoms with E-state index in [1.165, 1.54) is 6.07 Å². The number of hydrogen-bond acceptors (Lipinski definition) is 3. The minimum Gasteiger partial charge on any atom is -0.382 e. The number of nitrogens with one attached hydrogen (secondary N) is 2. The van der Waals surface area contributed by atoms with E-state index < -0.39 is 0 Å². The van der Waals surface area contributed by atoms with Gasteiger partial charge in [-0.15, -0.1) is 0 Å². The molecule has 2 rings (SSSR count). The van der Waals surface area contributed by atoms with E-state index in [-0.39, 0.29) is 11.2 Å². The number of anilines is 1. The molecule has 1 saturated heterocycles. The molecule has 1 aliphatic heterocycles. The highest BCUT2D eigenvalue weighted by molar-refractivity contribution is 5.44. The van der Waals surface area contributed by atoms with Crippen molar-refractivity contribution < 1.29 is 4.39 Å². The molecular formula is C15H24FN3. The van der Waals surface area contributed by atoms with Crippen molar-refractivity contribution >= 4 is 5.69 Å². The quantitative estimate of drug-likeness (QED) is 0.854. The molecule has 0 spiro atoms. The number of piperazine rings is 1. The molecule has 1 heterocycles. The van der Waals surface area contributed by atoms with Crippen molar-refractivity contribution in [3.8, 4) is 0 Å². The average Bonchev–Trinajstić information content (AvgIpc) is 2.38. The molecule has 106 valence electrons. The zero-order valence-electron chi connectivity index (χ0n) is 11.9. The number of halogens is 1. The summed E-state index contributed by atoms with van der Waals surface area (Å²) in [5.74, 6) is -0.180. The van der Waals surface area contributed by atoms with E-state index in [0.717, 1.165) is 39.3 Å². The molecule has 0 amide bonds. The number of hydrogen-bond donors (Lipinski definition) is 2. The molecule has 0 saturated carbocycles. The van der Waals surface area contributed by atoms with Gasteiger partial charge in [-0.25, -0.2) is 4.39 Å². The second kappa shape index (κ2) is 6.35. The van der Waals surface area contributed by atoms with Gasteiger partial charge in [-0.3, -0.25) is 0 Å². The van der Waals surface area contributed by atoms with Gasteiger partial charge in [0.2, 0.25) is 0 Å². The fraction of sp³-hybridized carbons (Fsp3) is 0.600. The van der Waals surface area contributed by atoms with Crippen LogP contribution >= 0.6 is 0 Å². The summed E-state index contributed by atoms with van der Waals surface area (Å²) in [4.78, 5) is 2.47. The highest BCUT2D eigenvalue weighted by Gasteiger charge is 2.23. The molecule has 19 heavy (non-hydrogen) atoms. The first-order chi connectivity index (χ1) is 9.07.